The maximum atomic E-state index is 5.02. The Hall–Kier alpha value is -0.160. The number of rotatable bonds is 9. The molecular weight excluding hydrogens is 214 g/mol. The van der Waals surface area contributed by atoms with Crippen molar-refractivity contribution in [3.8, 4) is 0 Å². The Morgan fingerprint density at radius 1 is 1.35 bits per heavy atom. The van der Waals surface area contributed by atoms with E-state index in [4.69, 9.17) is 4.74 Å². The van der Waals surface area contributed by atoms with Crippen molar-refractivity contribution in [2.24, 2.45) is 0 Å². The molecular formula is C13H29N3O. The first-order valence-electron chi connectivity index (χ1n) is 6.86. The Morgan fingerprint density at radius 3 is 2.71 bits per heavy atom. The molecule has 1 rings (SSSR count). The van der Waals surface area contributed by atoms with E-state index in [0.717, 1.165) is 19.7 Å². The fraction of sp³-hybridized carbons (Fsp3) is 1.00. The lowest BCUT2D eigenvalue weighted by Crippen LogP contribution is -2.42. The summed E-state index contributed by atoms with van der Waals surface area (Å²) in [5, 5.41) is 3.41. The normalized spacial score (nSPS) is 19.1. The van der Waals surface area contributed by atoms with Gasteiger partial charge in [0.25, 0.3) is 0 Å². The first-order valence-corrected chi connectivity index (χ1v) is 6.86. The van der Waals surface area contributed by atoms with Gasteiger partial charge in [0.15, 0.2) is 0 Å². The van der Waals surface area contributed by atoms with Gasteiger partial charge in [0, 0.05) is 39.3 Å². The number of ether oxygens (including phenoxy) is 1. The molecule has 1 unspecified atom stereocenters. The minimum atomic E-state index is 0.592. The smallest absolute Gasteiger partial charge is 0.0587 e. The van der Waals surface area contributed by atoms with Gasteiger partial charge in [0.05, 0.1) is 6.61 Å². The molecule has 4 nitrogen and oxygen atoms in total. The van der Waals surface area contributed by atoms with E-state index in [1.165, 1.54) is 39.0 Å². The molecule has 17 heavy (non-hydrogen) atoms. The van der Waals surface area contributed by atoms with E-state index in [9.17, 15) is 0 Å². The molecule has 0 spiro atoms. The van der Waals surface area contributed by atoms with Gasteiger partial charge in [-0.3, -0.25) is 0 Å². The van der Waals surface area contributed by atoms with Crippen molar-refractivity contribution in [1.29, 1.82) is 0 Å². The maximum Gasteiger partial charge on any atom is 0.0587 e. The monoisotopic (exact) mass is 243 g/mol. The predicted octanol–water partition coefficient (Wildman–Crippen LogP) is 0.639. The fourth-order valence-corrected chi connectivity index (χ4v) is 2.17. The lowest BCUT2D eigenvalue weighted by molar-refractivity contribution is 0.186. The van der Waals surface area contributed by atoms with Gasteiger partial charge >= 0.3 is 0 Å². The molecule has 0 radical (unpaired) electrons. The number of likely N-dealkylation sites (tertiary alicyclic amines) is 1. The summed E-state index contributed by atoms with van der Waals surface area (Å²) in [4.78, 5) is 5.01. The fourth-order valence-electron chi connectivity index (χ4n) is 2.17. The summed E-state index contributed by atoms with van der Waals surface area (Å²) in [6.07, 6.45) is 2.77. The third-order valence-electron chi connectivity index (χ3n) is 3.64. The minimum absolute atomic E-state index is 0.592. The molecule has 0 saturated carbocycles. The molecule has 1 heterocycles. The highest BCUT2D eigenvalue weighted by molar-refractivity contribution is 4.71. The van der Waals surface area contributed by atoms with Crippen LogP contribution in [0.2, 0.25) is 0 Å². The summed E-state index contributed by atoms with van der Waals surface area (Å²) in [5.41, 5.74) is 0. The molecule has 0 aromatic heterocycles. The second kappa shape index (κ2) is 8.86. The Balaban J connectivity index is 2.02. The van der Waals surface area contributed by atoms with Gasteiger partial charge < -0.3 is 19.9 Å². The number of hydrogen-bond donors (Lipinski definition) is 1. The number of likely N-dealkylation sites (N-methyl/N-ethyl adjacent to an activating group) is 1. The van der Waals surface area contributed by atoms with Gasteiger partial charge in [-0.15, -0.1) is 0 Å². The van der Waals surface area contributed by atoms with Crippen molar-refractivity contribution in [1.82, 2.24) is 15.1 Å². The van der Waals surface area contributed by atoms with E-state index in [2.05, 4.69) is 29.1 Å². The zero-order valence-electron chi connectivity index (χ0n) is 11.7. The number of hydrogen-bond acceptors (Lipinski definition) is 4. The molecule has 1 aliphatic heterocycles. The number of methoxy groups -OCH3 is 1. The van der Waals surface area contributed by atoms with Crippen LogP contribution in [0.1, 0.15) is 19.8 Å². The van der Waals surface area contributed by atoms with E-state index in [1.54, 1.807) is 7.11 Å². The largest absolute Gasteiger partial charge is 0.383 e. The summed E-state index contributed by atoms with van der Waals surface area (Å²) in [5.74, 6) is 0. The van der Waals surface area contributed by atoms with Crippen LogP contribution < -0.4 is 5.32 Å². The van der Waals surface area contributed by atoms with Crippen molar-refractivity contribution in [3.05, 3.63) is 0 Å². The van der Waals surface area contributed by atoms with Crippen molar-refractivity contribution in [2.45, 2.75) is 25.8 Å². The maximum absolute atomic E-state index is 5.02. The molecule has 0 bridgehead atoms. The molecule has 1 fully saturated rings. The van der Waals surface area contributed by atoms with E-state index in [-0.39, 0.29) is 0 Å². The topological polar surface area (TPSA) is 27.7 Å². The van der Waals surface area contributed by atoms with Crippen LogP contribution in [0.15, 0.2) is 0 Å². The summed E-state index contributed by atoms with van der Waals surface area (Å²) in [6.45, 7) is 10.1. The highest BCUT2D eigenvalue weighted by atomic mass is 16.5. The molecule has 4 heteroatoms. The van der Waals surface area contributed by atoms with Gasteiger partial charge in [0.1, 0.15) is 0 Å². The SMILES string of the molecule is COCCNCC(C)N(C)CCN1CCCC1. The Morgan fingerprint density at radius 2 is 2.06 bits per heavy atom. The average molecular weight is 243 g/mol. The Kier molecular flexibility index (Phi) is 7.77. The van der Waals surface area contributed by atoms with Crippen molar-refractivity contribution >= 4 is 0 Å². The molecule has 102 valence electrons. The van der Waals surface area contributed by atoms with Crippen molar-refractivity contribution < 1.29 is 4.74 Å². The molecule has 1 atom stereocenters. The summed E-state index contributed by atoms with van der Waals surface area (Å²) in [7, 11) is 3.96. The van der Waals surface area contributed by atoms with Crippen LogP contribution in [0.3, 0.4) is 0 Å². The zero-order valence-corrected chi connectivity index (χ0v) is 11.7. The first-order chi connectivity index (χ1) is 8.24. The molecule has 1 saturated heterocycles. The molecule has 0 amide bonds. The van der Waals surface area contributed by atoms with E-state index in [1.807, 2.05) is 0 Å². The van der Waals surface area contributed by atoms with E-state index >= 15 is 0 Å². The van der Waals surface area contributed by atoms with Crippen LogP contribution in [0.5, 0.6) is 0 Å². The summed E-state index contributed by atoms with van der Waals surface area (Å²) in [6, 6.07) is 0.592. The second-order valence-corrected chi connectivity index (χ2v) is 5.08. The number of nitrogens with zero attached hydrogens (tertiary/aromatic N) is 2. The van der Waals surface area contributed by atoms with Gasteiger partial charge in [-0.2, -0.15) is 0 Å². The van der Waals surface area contributed by atoms with Gasteiger partial charge in [-0.1, -0.05) is 0 Å². The quantitative estimate of drug-likeness (QED) is 0.602. The van der Waals surface area contributed by atoms with E-state index < -0.39 is 0 Å². The van der Waals surface area contributed by atoms with Crippen molar-refractivity contribution in [2.75, 3.05) is 60.0 Å². The van der Waals surface area contributed by atoms with Crippen LogP contribution in [-0.4, -0.2) is 75.9 Å². The molecule has 0 aromatic carbocycles. The van der Waals surface area contributed by atoms with E-state index in [0.29, 0.717) is 6.04 Å². The summed E-state index contributed by atoms with van der Waals surface area (Å²) >= 11 is 0. The summed E-state index contributed by atoms with van der Waals surface area (Å²) < 4.78 is 5.02. The number of nitrogens with one attached hydrogen (secondary N) is 1. The average Bonchev–Trinajstić information content (AvgIpc) is 2.84. The second-order valence-electron chi connectivity index (χ2n) is 5.08. The van der Waals surface area contributed by atoms with Crippen LogP contribution in [0.25, 0.3) is 0 Å². The minimum Gasteiger partial charge on any atom is -0.383 e. The molecule has 0 aliphatic carbocycles. The van der Waals surface area contributed by atoms with Crippen LogP contribution in [-0.2, 0) is 4.74 Å². The standard InChI is InChI=1S/C13H29N3O/c1-13(12-14-6-11-17-3)15(2)9-10-16-7-4-5-8-16/h13-14H,4-12H2,1-3H3. The Labute approximate surface area is 106 Å². The zero-order chi connectivity index (χ0) is 12.5. The lowest BCUT2D eigenvalue weighted by atomic mass is 10.3. The van der Waals surface area contributed by atoms with Crippen LogP contribution >= 0.6 is 0 Å². The van der Waals surface area contributed by atoms with Crippen LogP contribution in [0, 0.1) is 0 Å². The molecule has 1 aliphatic rings. The van der Waals surface area contributed by atoms with Crippen LogP contribution in [0.4, 0.5) is 0 Å². The van der Waals surface area contributed by atoms with Gasteiger partial charge in [-0.25, -0.2) is 0 Å². The van der Waals surface area contributed by atoms with Crippen molar-refractivity contribution in [3.63, 3.8) is 0 Å². The third kappa shape index (κ3) is 6.36. The lowest BCUT2D eigenvalue weighted by Gasteiger charge is -2.27. The predicted molar refractivity (Wildman–Crippen MR) is 72.5 cm³/mol. The van der Waals surface area contributed by atoms with Gasteiger partial charge in [0.2, 0.25) is 0 Å². The Bertz CT molecular complexity index is 184. The van der Waals surface area contributed by atoms with Gasteiger partial charge in [-0.05, 0) is 39.9 Å². The molecule has 1 N–H and O–H groups in total. The highest BCUT2D eigenvalue weighted by Gasteiger charge is 2.13. The first kappa shape index (κ1) is 14.9. The highest BCUT2D eigenvalue weighted by Crippen LogP contribution is 2.06. The third-order valence-corrected chi connectivity index (χ3v) is 3.64. The molecule has 0 aromatic rings.